The number of ether oxygens (including phenoxy) is 1. The molecule has 0 atom stereocenters. The molecule has 1 N–H and O–H groups in total. The van der Waals surface area contributed by atoms with Gasteiger partial charge in [0.05, 0.1) is 17.9 Å². The van der Waals surface area contributed by atoms with Crippen LogP contribution in [-0.2, 0) is 4.79 Å². The monoisotopic (exact) mass is 432 g/mol. The highest BCUT2D eigenvalue weighted by Crippen LogP contribution is 2.25. The van der Waals surface area contributed by atoms with E-state index < -0.39 is 0 Å². The summed E-state index contributed by atoms with van der Waals surface area (Å²) in [7, 11) is 1.60. The number of hydrogen-bond donors (Lipinski definition) is 1. The molecule has 31 heavy (non-hydrogen) atoms. The van der Waals surface area contributed by atoms with E-state index in [2.05, 4.69) is 20.4 Å². The number of methoxy groups -OCH3 is 1. The van der Waals surface area contributed by atoms with E-state index in [0.29, 0.717) is 22.4 Å². The van der Waals surface area contributed by atoms with Crippen LogP contribution >= 0.6 is 11.8 Å². The normalized spacial score (nSPS) is 10.6. The van der Waals surface area contributed by atoms with Gasteiger partial charge in [0.25, 0.3) is 5.89 Å². The first-order chi connectivity index (χ1) is 15.1. The third-order valence-electron chi connectivity index (χ3n) is 4.44. The molecule has 0 aliphatic rings. The maximum atomic E-state index is 12.2. The first-order valence-corrected chi connectivity index (χ1v) is 10.5. The van der Waals surface area contributed by atoms with E-state index in [4.69, 9.17) is 9.26 Å². The molecule has 0 saturated heterocycles. The molecule has 1 amide bonds. The number of amides is 1. The number of benzene rings is 2. The number of thioether (sulfide) groups is 1. The number of pyridine rings is 1. The van der Waals surface area contributed by atoms with Crippen LogP contribution in [0.25, 0.3) is 22.8 Å². The smallest absolute Gasteiger partial charge is 0.258 e. The van der Waals surface area contributed by atoms with Crippen molar-refractivity contribution < 1.29 is 14.1 Å². The number of carbonyl (C=O) groups excluding carboxylic acids is 1. The molecular weight excluding hydrogens is 412 g/mol. The molecular formula is C23H20N4O3S. The molecule has 7 nitrogen and oxygen atoms in total. The quantitative estimate of drug-likeness (QED) is 0.418. The highest BCUT2D eigenvalue weighted by atomic mass is 32.2. The molecule has 0 radical (unpaired) electrons. The number of aryl methyl sites for hydroxylation is 1. The predicted molar refractivity (Wildman–Crippen MR) is 120 cm³/mol. The summed E-state index contributed by atoms with van der Waals surface area (Å²) in [5.74, 6) is 1.77. The SMILES string of the molecule is COc1ccc(NC(=O)CSc2cc(-c3nc(-c4ccc(C)cc4)no3)ccn2)cc1. The molecule has 0 aliphatic heterocycles. The van der Waals surface area contributed by atoms with E-state index in [-0.39, 0.29) is 11.7 Å². The van der Waals surface area contributed by atoms with E-state index in [1.165, 1.54) is 17.3 Å². The molecule has 156 valence electrons. The molecule has 4 aromatic rings. The molecule has 0 spiro atoms. The highest BCUT2D eigenvalue weighted by molar-refractivity contribution is 7.99. The van der Waals surface area contributed by atoms with Gasteiger partial charge in [0.2, 0.25) is 11.7 Å². The Morgan fingerprint density at radius 2 is 1.84 bits per heavy atom. The van der Waals surface area contributed by atoms with Crippen LogP contribution in [0.5, 0.6) is 5.75 Å². The fourth-order valence-corrected chi connectivity index (χ4v) is 3.49. The Morgan fingerprint density at radius 3 is 2.58 bits per heavy atom. The highest BCUT2D eigenvalue weighted by Gasteiger charge is 2.12. The summed E-state index contributed by atoms with van der Waals surface area (Å²) in [6.45, 7) is 2.03. The van der Waals surface area contributed by atoms with Gasteiger partial charge in [0.15, 0.2) is 0 Å². The lowest BCUT2D eigenvalue weighted by Crippen LogP contribution is -2.14. The van der Waals surface area contributed by atoms with Crippen molar-refractivity contribution in [3.8, 4) is 28.6 Å². The Morgan fingerprint density at radius 1 is 1.06 bits per heavy atom. The summed E-state index contributed by atoms with van der Waals surface area (Å²) in [4.78, 5) is 21.0. The van der Waals surface area contributed by atoms with Crippen LogP contribution in [0.4, 0.5) is 5.69 Å². The zero-order chi connectivity index (χ0) is 21.6. The summed E-state index contributed by atoms with van der Waals surface area (Å²) in [5, 5.41) is 7.61. The first kappa shape index (κ1) is 20.6. The van der Waals surface area contributed by atoms with Crippen LogP contribution < -0.4 is 10.1 Å². The Kier molecular flexibility index (Phi) is 6.28. The second kappa shape index (κ2) is 9.44. The van der Waals surface area contributed by atoms with Crippen LogP contribution in [0.2, 0.25) is 0 Å². The van der Waals surface area contributed by atoms with Crippen molar-refractivity contribution in [1.29, 1.82) is 0 Å². The zero-order valence-electron chi connectivity index (χ0n) is 17.0. The molecule has 2 aromatic carbocycles. The van der Waals surface area contributed by atoms with Gasteiger partial charge in [-0.2, -0.15) is 4.98 Å². The Balaban J connectivity index is 1.39. The number of anilines is 1. The third kappa shape index (κ3) is 5.29. The van der Waals surface area contributed by atoms with Crippen LogP contribution in [0.15, 0.2) is 76.4 Å². The van der Waals surface area contributed by atoms with E-state index in [9.17, 15) is 4.79 Å². The van der Waals surface area contributed by atoms with Crippen molar-refractivity contribution in [2.24, 2.45) is 0 Å². The summed E-state index contributed by atoms with van der Waals surface area (Å²) in [6.07, 6.45) is 1.66. The predicted octanol–water partition coefficient (Wildman–Crippen LogP) is 4.85. The first-order valence-electron chi connectivity index (χ1n) is 9.54. The van der Waals surface area contributed by atoms with Crippen molar-refractivity contribution in [2.75, 3.05) is 18.2 Å². The van der Waals surface area contributed by atoms with Crippen molar-refractivity contribution in [3.05, 3.63) is 72.4 Å². The third-order valence-corrected chi connectivity index (χ3v) is 5.37. The van der Waals surface area contributed by atoms with Gasteiger partial charge in [0.1, 0.15) is 5.75 Å². The number of hydrogen-bond acceptors (Lipinski definition) is 7. The molecule has 4 rings (SSSR count). The molecule has 2 aromatic heterocycles. The molecule has 0 bridgehead atoms. The zero-order valence-corrected chi connectivity index (χ0v) is 17.8. The van der Waals surface area contributed by atoms with E-state index >= 15 is 0 Å². The lowest BCUT2D eigenvalue weighted by atomic mass is 10.1. The Bertz CT molecular complexity index is 1170. The summed E-state index contributed by atoms with van der Waals surface area (Å²) in [5.41, 5.74) is 3.51. The van der Waals surface area contributed by atoms with Crippen molar-refractivity contribution in [3.63, 3.8) is 0 Å². The maximum Gasteiger partial charge on any atom is 0.258 e. The number of rotatable bonds is 7. The maximum absolute atomic E-state index is 12.2. The van der Waals surface area contributed by atoms with Gasteiger partial charge in [-0.15, -0.1) is 0 Å². The number of nitrogens with zero attached hydrogens (tertiary/aromatic N) is 3. The second-order valence-corrected chi connectivity index (χ2v) is 7.73. The van der Waals surface area contributed by atoms with E-state index in [0.717, 1.165) is 16.9 Å². The van der Waals surface area contributed by atoms with Gasteiger partial charge in [-0.05, 0) is 43.3 Å². The number of aromatic nitrogens is 3. The van der Waals surface area contributed by atoms with Gasteiger partial charge < -0.3 is 14.6 Å². The average molecular weight is 433 g/mol. The Labute approximate surface area is 183 Å². The van der Waals surface area contributed by atoms with Crippen molar-refractivity contribution in [2.45, 2.75) is 11.9 Å². The van der Waals surface area contributed by atoms with E-state index in [1.807, 2.05) is 37.3 Å². The average Bonchev–Trinajstić information content (AvgIpc) is 3.29. The summed E-state index contributed by atoms with van der Waals surface area (Å²) in [6, 6.07) is 18.7. The molecule has 2 heterocycles. The fourth-order valence-electron chi connectivity index (χ4n) is 2.79. The topological polar surface area (TPSA) is 90.1 Å². The minimum absolute atomic E-state index is 0.123. The number of carbonyl (C=O) groups is 1. The summed E-state index contributed by atoms with van der Waals surface area (Å²) < 4.78 is 10.5. The molecule has 0 aliphatic carbocycles. The van der Waals surface area contributed by atoms with Gasteiger partial charge >= 0.3 is 0 Å². The lowest BCUT2D eigenvalue weighted by Gasteiger charge is -2.06. The fraction of sp³-hybridized carbons (Fsp3) is 0.130. The molecule has 8 heteroatoms. The van der Waals surface area contributed by atoms with Crippen molar-refractivity contribution >= 4 is 23.4 Å². The van der Waals surface area contributed by atoms with Crippen LogP contribution in [-0.4, -0.2) is 33.9 Å². The molecule has 0 fully saturated rings. The van der Waals surface area contributed by atoms with Crippen LogP contribution in [0, 0.1) is 6.92 Å². The van der Waals surface area contributed by atoms with Gasteiger partial charge in [-0.25, -0.2) is 4.98 Å². The largest absolute Gasteiger partial charge is 0.497 e. The van der Waals surface area contributed by atoms with Crippen molar-refractivity contribution in [1.82, 2.24) is 15.1 Å². The Hall–Kier alpha value is -3.65. The molecule has 0 saturated carbocycles. The van der Waals surface area contributed by atoms with Gasteiger partial charge in [-0.3, -0.25) is 4.79 Å². The van der Waals surface area contributed by atoms with E-state index in [1.54, 1.807) is 43.6 Å². The number of nitrogens with one attached hydrogen (secondary N) is 1. The lowest BCUT2D eigenvalue weighted by molar-refractivity contribution is -0.113. The van der Waals surface area contributed by atoms with Gasteiger partial charge in [-0.1, -0.05) is 46.7 Å². The van der Waals surface area contributed by atoms with Crippen LogP contribution in [0.1, 0.15) is 5.56 Å². The minimum Gasteiger partial charge on any atom is -0.497 e. The van der Waals surface area contributed by atoms with Crippen LogP contribution in [0.3, 0.4) is 0 Å². The summed E-state index contributed by atoms with van der Waals surface area (Å²) >= 11 is 1.33. The van der Waals surface area contributed by atoms with Gasteiger partial charge in [0, 0.05) is 23.0 Å². The second-order valence-electron chi connectivity index (χ2n) is 6.74. The minimum atomic E-state index is -0.123. The molecule has 0 unspecified atom stereocenters. The standard InChI is InChI=1S/C23H20N4O3S/c1-15-3-5-16(6-4-15)22-26-23(30-27-22)17-11-12-24-21(13-17)31-14-20(28)25-18-7-9-19(29-2)10-8-18/h3-13H,14H2,1-2H3,(H,25,28).